The third-order valence-corrected chi connectivity index (χ3v) is 5.85. The van der Waals surface area contributed by atoms with Gasteiger partial charge in [-0.2, -0.15) is 0 Å². The number of benzene rings is 1. The minimum atomic E-state index is -3.59. The van der Waals surface area contributed by atoms with E-state index in [0.29, 0.717) is 16.4 Å². The molecule has 0 radical (unpaired) electrons. The Balaban J connectivity index is 1.57. The van der Waals surface area contributed by atoms with Gasteiger partial charge in [0.1, 0.15) is 5.82 Å². The van der Waals surface area contributed by atoms with Gasteiger partial charge in [-0.1, -0.05) is 12.1 Å². The summed E-state index contributed by atoms with van der Waals surface area (Å²) in [5, 5.41) is 4.67. The SMILES string of the molecule is O=C(Nc1nc(-c2cccc(F)c2)cs1)C1=CC=CN2CCS(=O)(=O)N=C12. The Bertz CT molecular complexity index is 1120. The van der Waals surface area contributed by atoms with Crippen LogP contribution in [0.5, 0.6) is 0 Å². The van der Waals surface area contributed by atoms with Gasteiger partial charge in [-0.3, -0.25) is 10.1 Å². The number of allylic oxidation sites excluding steroid dienone is 2. The maximum atomic E-state index is 13.4. The maximum Gasteiger partial charge on any atom is 0.261 e. The molecule has 0 spiro atoms. The lowest BCUT2D eigenvalue weighted by Gasteiger charge is -2.28. The van der Waals surface area contributed by atoms with E-state index in [1.54, 1.807) is 34.7 Å². The van der Waals surface area contributed by atoms with E-state index >= 15 is 0 Å². The number of hydrogen-bond acceptors (Lipinski definition) is 6. The van der Waals surface area contributed by atoms with Crippen LogP contribution in [0.15, 0.2) is 58.0 Å². The van der Waals surface area contributed by atoms with Crippen LogP contribution in [0.4, 0.5) is 9.52 Å². The van der Waals surface area contributed by atoms with E-state index in [2.05, 4.69) is 14.7 Å². The van der Waals surface area contributed by atoms with Crippen molar-refractivity contribution in [3.05, 3.63) is 59.4 Å². The van der Waals surface area contributed by atoms with Crippen molar-refractivity contribution in [2.75, 3.05) is 17.6 Å². The highest BCUT2D eigenvalue weighted by Gasteiger charge is 2.30. The minimum Gasteiger partial charge on any atom is -0.331 e. The van der Waals surface area contributed by atoms with Gasteiger partial charge in [0.05, 0.1) is 17.0 Å². The highest BCUT2D eigenvalue weighted by Crippen LogP contribution is 2.26. The maximum absolute atomic E-state index is 13.4. The number of nitrogens with zero attached hydrogens (tertiary/aromatic N) is 3. The van der Waals surface area contributed by atoms with Crippen LogP contribution in [0.1, 0.15) is 0 Å². The van der Waals surface area contributed by atoms with Gasteiger partial charge < -0.3 is 4.90 Å². The fourth-order valence-electron chi connectivity index (χ4n) is 2.67. The average Bonchev–Trinajstić information content (AvgIpc) is 3.09. The van der Waals surface area contributed by atoms with Crippen molar-refractivity contribution in [1.82, 2.24) is 9.88 Å². The zero-order chi connectivity index (χ0) is 19.0. The topological polar surface area (TPSA) is 91.7 Å². The number of nitrogens with one attached hydrogen (secondary N) is 1. The summed E-state index contributed by atoms with van der Waals surface area (Å²) in [6, 6.07) is 6.00. The molecule has 0 unspecified atom stereocenters. The molecule has 3 heterocycles. The molecular weight excluding hydrogens is 391 g/mol. The fourth-order valence-corrected chi connectivity index (χ4v) is 4.37. The zero-order valence-electron chi connectivity index (χ0n) is 13.8. The molecule has 1 amide bonds. The van der Waals surface area contributed by atoms with Crippen LogP contribution < -0.4 is 5.32 Å². The molecule has 2 aromatic rings. The summed E-state index contributed by atoms with van der Waals surface area (Å²) in [6.45, 7) is 0.239. The van der Waals surface area contributed by atoms with Crippen LogP contribution in [0, 0.1) is 5.82 Å². The number of halogens is 1. The van der Waals surface area contributed by atoms with E-state index in [0.717, 1.165) is 0 Å². The third kappa shape index (κ3) is 3.67. The van der Waals surface area contributed by atoms with E-state index < -0.39 is 15.9 Å². The molecule has 27 heavy (non-hydrogen) atoms. The number of aromatic nitrogens is 1. The van der Waals surface area contributed by atoms with E-state index in [9.17, 15) is 17.6 Å². The number of carbonyl (C=O) groups excluding carboxylic acids is 1. The average molecular weight is 404 g/mol. The molecule has 138 valence electrons. The molecular formula is C17H13FN4O3S2. The summed E-state index contributed by atoms with van der Waals surface area (Å²) in [5.74, 6) is -0.885. The lowest BCUT2D eigenvalue weighted by atomic mass is 10.1. The number of thiazole rings is 1. The predicted molar refractivity (Wildman–Crippen MR) is 101 cm³/mol. The smallest absolute Gasteiger partial charge is 0.261 e. The zero-order valence-corrected chi connectivity index (χ0v) is 15.4. The summed E-state index contributed by atoms with van der Waals surface area (Å²) in [7, 11) is -3.59. The second kappa shape index (κ2) is 6.71. The number of rotatable bonds is 3. The molecule has 1 aromatic carbocycles. The van der Waals surface area contributed by atoms with Crippen LogP contribution in [0.3, 0.4) is 0 Å². The summed E-state index contributed by atoms with van der Waals surface area (Å²) in [5.41, 5.74) is 1.27. The third-order valence-electron chi connectivity index (χ3n) is 3.95. The van der Waals surface area contributed by atoms with E-state index in [-0.39, 0.29) is 29.5 Å². The van der Waals surface area contributed by atoms with E-state index in [1.807, 2.05) is 0 Å². The van der Waals surface area contributed by atoms with Gasteiger partial charge in [0.25, 0.3) is 15.9 Å². The molecule has 1 aromatic heterocycles. The second-order valence-electron chi connectivity index (χ2n) is 5.82. The molecule has 0 aliphatic carbocycles. The Hall–Kier alpha value is -2.85. The molecule has 10 heteroatoms. The molecule has 2 aliphatic heterocycles. The van der Waals surface area contributed by atoms with Gasteiger partial charge in [0.15, 0.2) is 11.0 Å². The molecule has 0 bridgehead atoms. The largest absolute Gasteiger partial charge is 0.331 e. The number of hydrogen-bond donors (Lipinski definition) is 1. The van der Waals surface area contributed by atoms with Gasteiger partial charge in [-0.25, -0.2) is 17.8 Å². The number of carbonyl (C=O) groups is 1. The second-order valence-corrected chi connectivity index (χ2v) is 8.43. The van der Waals surface area contributed by atoms with Crippen molar-refractivity contribution < 1.29 is 17.6 Å². The monoisotopic (exact) mass is 404 g/mol. The van der Waals surface area contributed by atoms with Crippen LogP contribution in [0.2, 0.25) is 0 Å². The fraction of sp³-hybridized carbons (Fsp3) is 0.118. The lowest BCUT2D eigenvalue weighted by Crippen LogP contribution is -2.40. The lowest BCUT2D eigenvalue weighted by molar-refractivity contribution is -0.112. The Labute approximate surface area is 158 Å². The molecule has 0 saturated heterocycles. The van der Waals surface area contributed by atoms with E-state index in [4.69, 9.17) is 0 Å². The number of amides is 1. The molecule has 4 rings (SSSR count). The number of anilines is 1. The molecule has 2 aliphatic rings. The first-order valence-electron chi connectivity index (χ1n) is 7.92. The minimum absolute atomic E-state index is 0.0980. The highest BCUT2D eigenvalue weighted by atomic mass is 32.2. The number of sulfonamides is 1. The van der Waals surface area contributed by atoms with Gasteiger partial charge >= 0.3 is 0 Å². The highest BCUT2D eigenvalue weighted by molar-refractivity contribution is 7.90. The molecule has 1 N–H and O–H groups in total. The van der Waals surface area contributed by atoms with Crippen molar-refractivity contribution in [3.63, 3.8) is 0 Å². The Morgan fingerprint density at radius 3 is 3.00 bits per heavy atom. The van der Waals surface area contributed by atoms with Crippen LogP contribution in [0.25, 0.3) is 11.3 Å². The molecule has 0 saturated carbocycles. The first-order chi connectivity index (χ1) is 12.9. The summed E-state index contributed by atoms with van der Waals surface area (Å²) in [4.78, 5) is 18.5. The Morgan fingerprint density at radius 1 is 1.33 bits per heavy atom. The normalized spacial score (nSPS) is 17.7. The summed E-state index contributed by atoms with van der Waals surface area (Å²) >= 11 is 1.19. The van der Waals surface area contributed by atoms with Crippen molar-refractivity contribution >= 4 is 38.2 Å². The first-order valence-corrected chi connectivity index (χ1v) is 10.4. The standard InChI is InChI=1S/C17H13FN4O3S2/c18-12-4-1-3-11(9-12)14-10-26-17(19-14)20-16(23)13-5-2-6-22-7-8-27(24,25)21-15(13)22/h1-6,9-10H,7-8H2,(H,19,20,23). The van der Waals surface area contributed by atoms with Crippen molar-refractivity contribution in [1.29, 1.82) is 0 Å². The van der Waals surface area contributed by atoms with Crippen molar-refractivity contribution in [2.24, 2.45) is 4.40 Å². The summed E-state index contributed by atoms with van der Waals surface area (Å²) < 4.78 is 40.6. The predicted octanol–water partition coefficient (Wildman–Crippen LogP) is 2.39. The van der Waals surface area contributed by atoms with E-state index in [1.165, 1.54) is 29.5 Å². The van der Waals surface area contributed by atoms with Gasteiger partial charge in [-0.15, -0.1) is 15.7 Å². The van der Waals surface area contributed by atoms with Gasteiger partial charge in [0, 0.05) is 23.7 Å². The molecule has 7 nitrogen and oxygen atoms in total. The molecule has 0 fully saturated rings. The van der Waals surface area contributed by atoms with Crippen LogP contribution in [-0.4, -0.2) is 42.3 Å². The Kier molecular flexibility index (Phi) is 4.36. The number of fused-ring (bicyclic) bond motifs is 1. The van der Waals surface area contributed by atoms with Gasteiger partial charge in [-0.05, 0) is 24.3 Å². The first kappa shape index (κ1) is 17.6. The van der Waals surface area contributed by atoms with Crippen LogP contribution in [-0.2, 0) is 14.8 Å². The summed E-state index contributed by atoms with van der Waals surface area (Å²) in [6.07, 6.45) is 4.84. The number of amidine groups is 1. The quantitative estimate of drug-likeness (QED) is 0.848. The van der Waals surface area contributed by atoms with Crippen LogP contribution >= 0.6 is 11.3 Å². The van der Waals surface area contributed by atoms with Crippen molar-refractivity contribution in [2.45, 2.75) is 0 Å². The van der Waals surface area contributed by atoms with Gasteiger partial charge in [0.2, 0.25) is 0 Å². The van der Waals surface area contributed by atoms with Crippen molar-refractivity contribution in [3.8, 4) is 11.3 Å². The Morgan fingerprint density at radius 2 is 2.19 bits per heavy atom. The molecule has 0 atom stereocenters.